The third kappa shape index (κ3) is 5.83. The van der Waals surface area contributed by atoms with E-state index in [1.807, 2.05) is 6.92 Å². The molecular weight excluding hydrogens is 200 g/mol. The van der Waals surface area contributed by atoms with Gasteiger partial charge in [-0.1, -0.05) is 19.3 Å². The van der Waals surface area contributed by atoms with Crippen LogP contribution in [0.25, 0.3) is 0 Å². The fraction of sp³-hybridized carbons (Fsp3) is 1.00. The second-order valence-corrected chi connectivity index (χ2v) is 4.72. The van der Waals surface area contributed by atoms with Crippen LogP contribution in [-0.2, 0) is 4.74 Å². The molecule has 1 saturated carbocycles. The van der Waals surface area contributed by atoms with Crippen molar-refractivity contribution < 1.29 is 4.74 Å². The van der Waals surface area contributed by atoms with E-state index < -0.39 is 0 Å². The Hall–Kier alpha value is -0.120. The summed E-state index contributed by atoms with van der Waals surface area (Å²) in [7, 11) is 2.26. The molecule has 96 valence electrons. The molecule has 0 aliphatic heterocycles. The Kier molecular flexibility index (Phi) is 7.81. The first kappa shape index (κ1) is 13.9. The average Bonchev–Trinajstić information content (AvgIpc) is 2.34. The number of rotatable bonds is 8. The van der Waals surface area contributed by atoms with Crippen LogP contribution in [0.2, 0.25) is 0 Å². The zero-order chi connectivity index (χ0) is 11.6. The molecule has 1 aliphatic carbocycles. The topological polar surface area (TPSA) is 24.5 Å². The van der Waals surface area contributed by atoms with Gasteiger partial charge in [-0.05, 0) is 26.8 Å². The van der Waals surface area contributed by atoms with Crippen molar-refractivity contribution in [2.45, 2.75) is 45.1 Å². The van der Waals surface area contributed by atoms with Crippen LogP contribution in [0.5, 0.6) is 0 Å². The van der Waals surface area contributed by atoms with Gasteiger partial charge in [0.1, 0.15) is 0 Å². The van der Waals surface area contributed by atoms with E-state index in [9.17, 15) is 0 Å². The molecule has 0 spiro atoms. The number of hydrogen-bond donors (Lipinski definition) is 1. The molecule has 0 atom stereocenters. The van der Waals surface area contributed by atoms with Gasteiger partial charge in [0.2, 0.25) is 0 Å². The van der Waals surface area contributed by atoms with E-state index in [1.165, 1.54) is 32.1 Å². The van der Waals surface area contributed by atoms with Gasteiger partial charge in [0, 0.05) is 32.3 Å². The van der Waals surface area contributed by atoms with Crippen molar-refractivity contribution in [3.8, 4) is 0 Å². The van der Waals surface area contributed by atoms with E-state index in [0.717, 1.165) is 38.9 Å². The van der Waals surface area contributed by atoms with Crippen molar-refractivity contribution >= 4 is 0 Å². The number of nitrogens with one attached hydrogen (secondary N) is 1. The molecule has 0 amide bonds. The maximum absolute atomic E-state index is 5.28. The number of ether oxygens (including phenoxy) is 1. The summed E-state index contributed by atoms with van der Waals surface area (Å²) < 4.78 is 5.28. The second kappa shape index (κ2) is 8.97. The van der Waals surface area contributed by atoms with Crippen LogP contribution in [0.15, 0.2) is 0 Å². The molecule has 0 aromatic heterocycles. The lowest BCUT2D eigenvalue weighted by Gasteiger charge is -2.31. The Labute approximate surface area is 101 Å². The Balaban J connectivity index is 1.94. The quantitative estimate of drug-likeness (QED) is 0.642. The third-order valence-electron chi connectivity index (χ3n) is 3.47. The highest BCUT2D eigenvalue weighted by molar-refractivity contribution is 4.73. The molecule has 3 nitrogen and oxygen atoms in total. The summed E-state index contributed by atoms with van der Waals surface area (Å²) in [5.41, 5.74) is 0. The van der Waals surface area contributed by atoms with Crippen LogP contribution < -0.4 is 5.32 Å². The van der Waals surface area contributed by atoms with Gasteiger partial charge in [0.25, 0.3) is 0 Å². The average molecular weight is 228 g/mol. The van der Waals surface area contributed by atoms with Gasteiger partial charge in [-0.2, -0.15) is 0 Å². The molecule has 0 saturated heterocycles. The Bertz CT molecular complexity index is 158. The lowest BCUT2D eigenvalue weighted by atomic mass is 9.94. The van der Waals surface area contributed by atoms with E-state index >= 15 is 0 Å². The van der Waals surface area contributed by atoms with E-state index in [4.69, 9.17) is 4.74 Å². The molecule has 0 radical (unpaired) electrons. The summed E-state index contributed by atoms with van der Waals surface area (Å²) in [4.78, 5) is 2.52. The van der Waals surface area contributed by atoms with Crippen LogP contribution in [0, 0.1) is 0 Å². The maximum Gasteiger partial charge on any atom is 0.0590 e. The highest BCUT2D eigenvalue weighted by atomic mass is 16.5. The molecule has 0 aromatic carbocycles. The van der Waals surface area contributed by atoms with Crippen molar-refractivity contribution in [1.82, 2.24) is 10.2 Å². The predicted octanol–water partition coefficient (Wildman–Crippen LogP) is 1.88. The van der Waals surface area contributed by atoms with Crippen LogP contribution in [0.3, 0.4) is 0 Å². The van der Waals surface area contributed by atoms with E-state index in [0.29, 0.717) is 0 Å². The second-order valence-electron chi connectivity index (χ2n) is 4.72. The summed E-state index contributed by atoms with van der Waals surface area (Å²) in [6.07, 6.45) is 7.08. The first-order valence-corrected chi connectivity index (χ1v) is 6.83. The fourth-order valence-electron chi connectivity index (χ4n) is 2.37. The first-order valence-electron chi connectivity index (χ1n) is 6.83. The molecule has 16 heavy (non-hydrogen) atoms. The highest BCUT2D eigenvalue weighted by Crippen LogP contribution is 2.20. The van der Waals surface area contributed by atoms with Gasteiger partial charge in [-0.15, -0.1) is 0 Å². The molecule has 0 heterocycles. The van der Waals surface area contributed by atoms with Gasteiger partial charge in [0.15, 0.2) is 0 Å². The normalized spacial score (nSPS) is 18.2. The molecule has 1 N–H and O–H groups in total. The zero-order valence-electron chi connectivity index (χ0n) is 11.0. The maximum atomic E-state index is 5.28. The fourth-order valence-corrected chi connectivity index (χ4v) is 2.37. The number of nitrogens with zero attached hydrogens (tertiary/aromatic N) is 1. The molecule has 0 bridgehead atoms. The lowest BCUT2D eigenvalue weighted by Crippen LogP contribution is -2.38. The van der Waals surface area contributed by atoms with Crippen molar-refractivity contribution in [1.29, 1.82) is 0 Å². The number of hydrogen-bond acceptors (Lipinski definition) is 3. The highest BCUT2D eigenvalue weighted by Gasteiger charge is 2.16. The van der Waals surface area contributed by atoms with Crippen LogP contribution in [0.1, 0.15) is 39.0 Å². The molecular formula is C13H28N2O. The summed E-state index contributed by atoms with van der Waals surface area (Å²) in [5.74, 6) is 0. The van der Waals surface area contributed by atoms with Crippen molar-refractivity contribution in [2.24, 2.45) is 0 Å². The van der Waals surface area contributed by atoms with Gasteiger partial charge in [-0.3, -0.25) is 0 Å². The summed E-state index contributed by atoms with van der Waals surface area (Å²) >= 11 is 0. The Morgan fingerprint density at radius 3 is 2.62 bits per heavy atom. The minimum atomic E-state index is 0.823. The van der Waals surface area contributed by atoms with Gasteiger partial charge >= 0.3 is 0 Å². The summed E-state index contributed by atoms with van der Waals surface area (Å²) in [5, 5.41) is 3.42. The number of likely N-dealkylation sites (N-methyl/N-ethyl adjacent to an activating group) is 1. The van der Waals surface area contributed by atoms with Crippen LogP contribution in [0.4, 0.5) is 0 Å². The lowest BCUT2D eigenvalue weighted by molar-refractivity contribution is 0.146. The molecule has 0 unspecified atom stereocenters. The molecule has 1 fully saturated rings. The largest absolute Gasteiger partial charge is 0.380 e. The Morgan fingerprint density at radius 2 is 1.94 bits per heavy atom. The summed E-state index contributed by atoms with van der Waals surface area (Å²) in [6.45, 7) is 6.92. The van der Waals surface area contributed by atoms with Gasteiger partial charge < -0.3 is 15.0 Å². The first-order chi connectivity index (χ1) is 7.84. The third-order valence-corrected chi connectivity index (χ3v) is 3.47. The van der Waals surface area contributed by atoms with E-state index in [1.54, 1.807) is 0 Å². The predicted molar refractivity (Wildman–Crippen MR) is 68.9 cm³/mol. The minimum absolute atomic E-state index is 0.823. The minimum Gasteiger partial charge on any atom is -0.380 e. The van der Waals surface area contributed by atoms with Gasteiger partial charge in [0.05, 0.1) is 6.61 Å². The summed E-state index contributed by atoms with van der Waals surface area (Å²) in [6, 6.07) is 0.836. The van der Waals surface area contributed by atoms with Crippen molar-refractivity contribution in [3.63, 3.8) is 0 Å². The van der Waals surface area contributed by atoms with Crippen LogP contribution >= 0.6 is 0 Å². The zero-order valence-corrected chi connectivity index (χ0v) is 11.0. The standard InChI is InChI=1S/C13H28N2O/c1-3-16-12-10-14-9-11-15(2)13-7-5-4-6-8-13/h13-14H,3-12H2,1-2H3. The van der Waals surface area contributed by atoms with E-state index in [-0.39, 0.29) is 0 Å². The Morgan fingerprint density at radius 1 is 1.19 bits per heavy atom. The molecule has 1 rings (SSSR count). The monoisotopic (exact) mass is 228 g/mol. The van der Waals surface area contributed by atoms with Crippen molar-refractivity contribution in [3.05, 3.63) is 0 Å². The SMILES string of the molecule is CCOCCNCCN(C)C1CCCCC1. The smallest absolute Gasteiger partial charge is 0.0590 e. The molecule has 3 heteroatoms. The van der Waals surface area contributed by atoms with Crippen LogP contribution in [-0.4, -0.2) is 50.8 Å². The van der Waals surface area contributed by atoms with Gasteiger partial charge in [-0.25, -0.2) is 0 Å². The van der Waals surface area contributed by atoms with E-state index in [2.05, 4.69) is 17.3 Å². The molecule has 0 aromatic rings. The molecule has 1 aliphatic rings. The van der Waals surface area contributed by atoms with Crippen molar-refractivity contribution in [2.75, 3.05) is 39.9 Å².